The number of alkyl halides is 3. The number of halogens is 3. The molecule has 27 heavy (non-hydrogen) atoms. The van der Waals surface area contributed by atoms with Gasteiger partial charge in [0.2, 0.25) is 5.95 Å². The number of hydrogen-bond donors (Lipinski definition) is 2. The summed E-state index contributed by atoms with van der Waals surface area (Å²) in [6.07, 6.45) is -3.08. The van der Waals surface area contributed by atoms with Gasteiger partial charge in [-0.2, -0.15) is 18.2 Å². The van der Waals surface area contributed by atoms with Crippen molar-refractivity contribution in [2.45, 2.75) is 12.6 Å². The summed E-state index contributed by atoms with van der Waals surface area (Å²) in [5.41, 5.74) is 4.73. The first-order valence-corrected chi connectivity index (χ1v) is 8.22. The van der Waals surface area contributed by atoms with E-state index in [1.165, 1.54) is 7.11 Å². The molecule has 2 heterocycles. The summed E-state index contributed by atoms with van der Waals surface area (Å²) in [6.45, 7) is 1.78. The first-order chi connectivity index (χ1) is 12.9. The van der Waals surface area contributed by atoms with E-state index in [4.69, 9.17) is 19.9 Å². The van der Waals surface area contributed by atoms with Crippen molar-refractivity contribution < 1.29 is 27.4 Å². The molecule has 1 aromatic carbocycles. The van der Waals surface area contributed by atoms with Crippen molar-refractivity contribution in [1.82, 2.24) is 9.97 Å². The lowest BCUT2D eigenvalue weighted by molar-refractivity contribution is -0.137. The Morgan fingerprint density at radius 2 is 2.11 bits per heavy atom. The maximum Gasteiger partial charge on any atom is 0.421 e. The van der Waals surface area contributed by atoms with Gasteiger partial charge in [-0.15, -0.1) is 0 Å². The van der Waals surface area contributed by atoms with Crippen molar-refractivity contribution in [3.63, 3.8) is 0 Å². The van der Waals surface area contributed by atoms with E-state index in [9.17, 15) is 13.2 Å². The largest absolute Gasteiger partial charge is 0.494 e. The van der Waals surface area contributed by atoms with Gasteiger partial charge in [-0.05, 0) is 18.6 Å². The van der Waals surface area contributed by atoms with Crippen molar-refractivity contribution in [2.75, 3.05) is 38.0 Å². The third-order valence-corrected chi connectivity index (χ3v) is 4.07. The number of benzene rings is 1. The summed E-state index contributed by atoms with van der Waals surface area (Å²) in [7, 11) is 1.47. The number of nitrogens with two attached hydrogens (primary N) is 1. The number of rotatable bonds is 6. The molecular formula is C17H19F3N4O3. The van der Waals surface area contributed by atoms with Gasteiger partial charge in [0, 0.05) is 18.7 Å². The fraction of sp³-hybridized carbons (Fsp3) is 0.412. The van der Waals surface area contributed by atoms with Gasteiger partial charge in [0.05, 0.1) is 20.3 Å². The van der Waals surface area contributed by atoms with E-state index in [1.807, 2.05) is 0 Å². The summed E-state index contributed by atoms with van der Waals surface area (Å²) in [4.78, 5) is 7.40. The van der Waals surface area contributed by atoms with Crippen LogP contribution in [-0.4, -0.2) is 36.9 Å². The predicted molar refractivity (Wildman–Crippen MR) is 92.1 cm³/mol. The number of nitrogen functional groups attached to an aromatic ring is 1. The van der Waals surface area contributed by atoms with Crippen LogP contribution >= 0.6 is 0 Å². The van der Waals surface area contributed by atoms with Crippen LogP contribution in [0.15, 0.2) is 24.4 Å². The van der Waals surface area contributed by atoms with Gasteiger partial charge in [-0.25, -0.2) is 4.98 Å². The van der Waals surface area contributed by atoms with Crippen molar-refractivity contribution in [3.8, 4) is 11.5 Å². The van der Waals surface area contributed by atoms with Gasteiger partial charge < -0.3 is 25.3 Å². The highest BCUT2D eigenvalue weighted by molar-refractivity contribution is 5.71. The van der Waals surface area contributed by atoms with E-state index in [0.29, 0.717) is 43.2 Å². The standard InChI is InChI=1S/C17H19F3N4O3/c1-25-12-3-2-4-13(27-9-10-5-6-26-8-10)14(12)23-16-22-7-11(15(21)24-16)17(18,19)20/h2-4,7,10H,5-6,8-9H2,1H3,(H3,21,22,23,24). The monoisotopic (exact) mass is 384 g/mol. The SMILES string of the molecule is COc1cccc(OCC2CCOC2)c1Nc1ncc(C(F)(F)F)c(N)n1. The zero-order valence-corrected chi connectivity index (χ0v) is 14.5. The van der Waals surface area contributed by atoms with Crippen LogP contribution in [0.1, 0.15) is 12.0 Å². The molecule has 10 heteroatoms. The summed E-state index contributed by atoms with van der Waals surface area (Å²) in [5, 5.41) is 2.84. The van der Waals surface area contributed by atoms with E-state index < -0.39 is 17.6 Å². The quantitative estimate of drug-likeness (QED) is 0.790. The lowest BCUT2D eigenvalue weighted by Gasteiger charge is -2.17. The lowest BCUT2D eigenvalue weighted by Crippen LogP contribution is -2.14. The molecule has 1 unspecified atom stereocenters. The molecule has 0 amide bonds. The summed E-state index contributed by atoms with van der Waals surface area (Å²) >= 11 is 0. The maximum atomic E-state index is 12.8. The average molecular weight is 384 g/mol. The fourth-order valence-electron chi connectivity index (χ4n) is 2.63. The molecule has 1 atom stereocenters. The van der Waals surface area contributed by atoms with Crippen LogP contribution in [0, 0.1) is 5.92 Å². The van der Waals surface area contributed by atoms with Crippen molar-refractivity contribution in [1.29, 1.82) is 0 Å². The van der Waals surface area contributed by atoms with Gasteiger partial charge in [0.1, 0.15) is 28.6 Å². The highest BCUT2D eigenvalue weighted by atomic mass is 19.4. The zero-order chi connectivity index (χ0) is 19.4. The van der Waals surface area contributed by atoms with Crippen LogP contribution in [0.25, 0.3) is 0 Å². The average Bonchev–Trinajstić information content (AvgIpc) is 3.13. The first-order valence-electron chi connectivity index (χ1n) is 8.22. The number of methoxy groups -OCH3 is 1. The molecule has 0 saturated carbocycles. The van der Waals surface area contributed by atoms with E-state index >= 15 is 0 Å². The molecule has 1 aliphatic rings. The molecule has 7 nitrogen and oxygen atoms in total. The molecule has 2 aromatic rings. The summed E-state index contributed by atoms with van der Waals surface area (Å²) in [6, 6.07) is 5.14. The Hall–Kier alpha value is -2.75. The minimum absolute atomic E-state index is 0.0981. The number of aromatic nitrogens is 2. The lowest BCUT2D eigenvalue weighted by atomic mass is 10.1. The third kappa shape index (κ3) is 4.51. The number of hydrogen-bond acceptors (Lipinski definition) is 7. The second-order valence-corrected chi connectivity index (χ2v) is 5.99. The number of anilines is 3. The highest BCUT2D eigenvalue weighted by Crippen LogP contribution is 2.37. The van der Waals surface area contributed by atoms with Gasteiger partial charge in [0.25, 0.3) is 0 Å². The molecule has 0 bridgehead atoms. The Morgan fingerprint density at radius 3 is 2.74 bits per heavy atom. The second-order valence-electron chi connectivity index (χ2n) is 5.99. The van der Waals surface area contributed by atoms with Crippen molar-refractivity contribution >= 4 is 17.5 Å². The predicted octanol–water partition coefficient (Wildman–Crippen LogP) is 3.25. The normalized spacial score (nSPS) is 17.0. The van der Waals surface area contributed by atoms with E-state index in [2.05, 4.69) is 15.3 Å². The summed E-state index contributed by atoms with van der Waals surface area (Å²) in [5.74, 6) is 0.405. The van der Waals surface area contributed by atoms with Crippen LogP contribution in [0.5, 0.6) is 11.5 Å². The second kappa shape index (κ2) is 7.87. The van der Waals surface area contributed by atoms with E-state index in [-0.39, 0.29) is 11.9 Å². The Morgan fingerprint density at radius 1 is 1.33 bits per heavy atom. The van der Waals surface area contributed by atoms with Crippen LogP contribution in [-0.2, 0) is 10.9 Å². The van der Waals surface area contributed by atoms with Crippen LogP contribution in [0.2, 0.25) is 0 Å². The molecule has 1 fully saturated rings. The molecule has 1 aliphatic heterocycles. The first kappa shape index (κ1) is 19.0. The fourth-order valence-corrected chi connectivity index (χ4v) is 2.63. The van der Waals surface area contributed by atoms with Crippen LogP contribution in [0.3, 0.4) is 0 Å². The topological polar surface area (TPSA) is 91.5 Å². The molecule has 146 valence electrons. The minimum atomic E-state index is -4.62. The molecule has 3 rings (SSSR count). The van der Waals surface area contributed by atoms with Crippen LogP contribution in [0.4, 0.5) is 30.6 Å². The van der Waals surface area contributed by atoms with Crippen molar-refractivity contribution in [3.05, 3.63) is 30.0 Å². The highest BCUT2D eigenvalue weighted by Gasteiger charge is 2.34. The van der Waals surface area contributed by atoms with Gasteiger partial charge >= 0.3 is 6.18 Å². The zero-order valence-electron chi connectivity index (χ0n) is 14.5. The number of para-hydroxylation sites is 1. The number of nitrogens with zero attached hydrogens (tertiary/aromatic N) is 2. The maximum absolute atomic E-state index is 12.8. The molecule has 1 aromatic heterocycles. The van der Waals surface area contributed by atoms with Crippen LogP contribution < -0.4 is 20.5 Å². The number of ether oxygens (including phenoxy) is 3. The van der Waals surface area contributed by atoms with E-state index in [1.54, 1.807) is 18.2 Å². The molecule has 1 saturated heterocycles. The van der Waals surface area contributed by atoms with Crippen molar-refractivity contribution in [2.24, 2.45) is 5.92 Å². The van der Waals surface area contributed by atoms with E-state index in [0.717, 1.165) is 6.42 Å². The molecular weight excluding hydrogens is 365 g/mol. The third-order valence-electron chi connectivity index (χ3n) is 4.07. The van der Waals surface area contributed by atoms with Gasteiger partial charge in [-0.3, -0.25) is 0 Å². The summed E-state index contributed by atoms with van der Waals surface area (Å²) < 4.78 is 54.9. The molecule has 0 spiro atoms. The molecule has 0 radical (unpaired) electrons. The Bertz CT molecular complexity index is 795. The Labute approximate surface area is 153 Å². The Kier molecular flexibility index (Phi) is 5.54. The minimum Gasteiger partial charge on any atom is -0.494 e. The smallest absolute Gasteiger partial charge is 0.421 e. The Balaban J connectivity index is 1.83. The molecule has 0 aliphatic carbocycles. The van der Waals surface area contributed by atoms with Gasteiger partial charge in [0.15, 0.2) is 0 Å². The number of nitrogens with one attached hydrogen (secondary N) is 1. The molecule has 3 N–H and O–H groups in total. The van der Waals surface area contributed by atoms with Gasteiger partial charge in [-0.1, -0.05) is 6.07 Å².